The van der Waals surface area contributed by atoms with Crippen molar-refractivity contribution in [1.29, 1.82) is 0 Å². The van der Waals surface area contributed by atoms with Crippen molar-refractivity contribution in [2.75, 3.05) is 23.4 Å². The molecule has 2 aromatic carbocycles. The first kappa shape index (κ1) is 26.6. The lowest BCUT2D eigenvalue weighted by atomic mass is 10.1. The molecule has 0 saturated carbocycles. The van der Waals surface area contributed by atoms with E-state index in [2.05, 4.69) is 10.4 Å². The zero-order valence-electron chi connectivity index (χ0n) is 21.5. The highest BCUT2D eigenvalue weighted by atomic mass is 35.5. The van der Waals surface area contributed by atoms with Crippen LogP contribution in [0, 0.1) is 19.8 Å². The molecule has 1 atom stereocenters. The molecule has 5 rings (SSSR count). The van der Waals surface area contributed by atoms with E-state index in [0.717, 1.165) is 32.8 Å². The Morgan fingerprint density at radius 2 is 1.92 bits per heavy atom. The number of carbonyl (C=O) groups excluding carboxylic acids is 3. The second kappa shape index (κ2) is 10.6. The molecule has 0 radical (unpaired) electrons. The smallest absolute Gasteiger partial charge is 0.359 e. The van der Waals surface area contributed by atoms with Crippen molar-refractivity contribution in [2.24, 2.45) is 5.92 Å². The van der Waals surface area contributed by atoms with Gasteiger partial charge >= 0.3 is 5.97 Å². The second-order valence-electron chi connectivity index (χ2n) is 9.28. The zero-order valence-corrected chi connectivity index (χ0v) is 23.1. The Morgan fingerprint density at radius 1 is 1.13 bits per heavy atom. The van der Waals surface area contributed by atoms with E-state index >= 15 is 0 Å². The van der Waals surface area contributed by atoms with Gasteiger partial charge < -0.3 is 15.0 Å². The van der Waals surface area contributed by atoms with Crippen molar-refractivity contribution in [2.45, 2.75) is 27.2 Å². The van der Waals surface area contributed by atoms with E-state index in [4.69, 9.17) is 16.3 Å². The van der Waals surface area contributed by atoms with Gasteiger partial charge in [0, 0.05) is 34.4 Å². The van der Waals surface area contributed by atoms with Gasteiger partial charge in [-0.15, -0.1) is 11.3 Å². The van der Waals surface area contributed by atoms with Gasteiger partial charge in [-0.1, -0.05) is 23.7 Å². The number of nitrogens with one attached hydrogen (secondary N) is 1. The number of amides is 2. The van der Waals surface area contributed by atoms with Crippen LogP contribution in [0.25, 0.3) is 16.5 Å². The van der Waals surface area contributed by atoms with Crippen molar-refractivity contribution < 1.29 is 19.1 Å². The molecule has 1 aliphatic rings. The Balaban J connectivity index is 1.50. The molecule has 200 valence electrons. The van der Waals surface area contributed by atoms with Gasteiger partial charge in [0.05, 0.1) is 23.6 Å². The monoisotopic (exact) mass is 564 g/mol. The first-order valence-corrected chi connectivity index (χ1v) is 13.6. The Hall–Kier alpha value is -4.02. The van der Waals surface area contributed by atoms with E-state index in [1.54, 1.807) is 41.5 Å². The van der Waals surface area contributed by atoms with E-state index < -0.39 is 17.4 Å². The topological polar surface area (TPSA) is 111 Å². The molecule has 1 N–H and O–H groups in total. The maximum atomic E-state index is 13.6. The molecule has 0 bridgehead atoms. The standard InChI is InChI=1S/C28H25ClN4O5S/c1-4-38-28(37)24-21-14-39-26(23(21)27(36)33(31-24)20-7-5-6-18(29)12-20)30-25(35)17-11-22(34)32(13-17)19-9-8-15(2)16(3)10-19/h5-10,12,14,17H,4,11,13H2,1-3H3,(H,30,35). The largest absolute Gasteiger partial charge is 0.461 e. The molecule has 2 aromatic heterocycles. The zero-order chi connectivity index (χ0) is 27.8. The summed E-state index contributed by atoms with van der Waals surface area (Å²) in [5, 5.41) is 9.76. The summed E-state index contributed by atoms with van der Waals surface area (Å²) in [6.07, 6.45) is 0.0461. The van der Waals surface area contributed by atoms with Crippen LogP contribution >= 0.6 is 22.9 Å². The molecule has 9 nitrogen and oxygen atoms in total. The van der Waals surface area contributed by atoms with Crippen LogP contribution in [0.2, 0.25) is 5.02 Å². The van der Waals surface area contributed by atoms with Crippen molar-refractivity contribution in [1.82, 2.24) is 9.78 Å². The van der Waals surface area contributed by atoms with Crippen LogP contribution in [0.3, 0.4) is 0 Å². The van der Waals surface area contributed by atoms with E-state index in [1.807, 2.05) is 32.0 Å². The Bertz CT molecular complexity index is 1700. The van der Waals surface area contributed by atoms with E-state index in [1.165, 1.54) is 0 Å². The molecule has 2 amide bonds. The van der Waals surface area contributed by atoms with Gasteiger partial charge in [0.25, 0.3) is 5.56 Å². The number of rotatable bonds is 6. The van der Waals surface area contributed by atoms with Crippen molar-refractivity contribution in [3.05, 3.63) is 80.0 Å². The van der Waals surface area contributed by atoms with Crippen LogP contribution in [0.5, 0.6) is 0 Å². The number of anilines is 2. The highest BCUT2D eigenvalue weighted by Crippen LogP contribution is 2.33. The number of benzene rings is 2. The number of hydrogen-bond acceptors (Lipinski definition) is 7. The summed E-state index contributed by atoms with van der Waals surface area (Å²) in [5.41, 5.74) is 2.68. The van der Waals surface area contributed by atoms with Crippen molar-refractivity contribution in [3.8, 4) is 5.69 Å². The normalized spacial score (nSPS) is 15.1. The lowest BCUT2D eigenvalue weighted by Crippen LogP contribution is -2.29. The van der Waals surface area contributed by atoms with E-state index in [0.29, 0.717) is 10.7 Å². The first-order chi connectivity index (χ1) is 18.7. The lowest BCUT2D eigenvalue weighted by molar-refractivity contribution is -0.122. The second-order valence-corrected chi connectivity index (χ2v) is 10.6. The molecule has 1 unspecified atom stereocenters. The Kier molecular flexibility index (Phi) is 7.24. The molecule has 0 spiro atoms. The number of esters is 1. The SMILES string of the molecule is CCOC(=O)c1nn(-c2cccc(Cl)c2)c(=O)c2c(NC(=O)C3CC(=O)N(c4ccc(C)c(C)c4)C3)scc12. The van der Waals surface area contributed by atoms with Gasteiger partial charge in [-0.25, -0.2) is 4.79 Å². The molecule has 1 fully saturated rings. The first-order valence-electron chi connectivity index (χ1n) is 12.3. The van der Waals surface area contributed by atoms with Gasteiger partial charge in [0.15, 0.2) is 5.69 Å². The Morgan fingerprint density at radius 3 is 2.64 bits per heavy atom. The number of aromatic nitrogens is 2. The third kappa shape index (κ3) is 5.05. The fourth-order valence-corrected chi connectivity index (χ4v) is 5.64. The predicted octanol–water partition coefficient (Wildman–Crippen LogP) is 4.89. The van der Waals surface area contributed by atoms with Crippen LogP contribution in [0.15, 0.2) is 52.6 Å². The summed E-state index contributed by atoms with van der Waals surface area (Å²) in [6.45, 7) is 5.99. The number of ether oxygens (including phenoxy) is 1. The maximum absolute atomic E-state index is 13.6. The molecule has 11 heteroatoms. The predicted molar refractivity (Wildman–Crippen MR) is 151 cm³/mol. The van der Waals surface area contributed by atoms with Gasteiger partial charge in [-0.3, -0.25) is 14.4 Å². The van der Waals surface area contributed by atoms with Gasteiger partial charge in [-0.05, 0) is 62.2 Å². The summed E-state index contributed by atoms with van der Waals surface area (Å²) in [4.78, 5) is 54.1. The van der Waals surface area contributed by atoms with Crippen LogP contribution in [0.4, 0.5) is 10.7 Å². The molecule has 1 aliphatic heterocycles. The molecule has 0 aliphatic carbocycles. The number of aryl methyl sites for hydroxylation is 2. The van der Waals surface area contributed by atoms with Crippen LogP contribution in [-0.2, 0) is 14.3 Å². The minimum absolute atomic E-state index is 0.0461. The number of halogens is 1. The third-order valence-corrected chi connectivity index (χ3v) is 7.84. The third-order valence-electron chi connectivity index (χ3n) is 6.71. The van der Waals surface area contributed by atoms with Gasteiger partial charge in [0.1, 0.15) is 5.00 Å². The number of fused-ring (bicyclic) bond motifs is 1. The average molecular weight is 565 g/mol. The number of carbonyl (C=O) groups is 3. The summed E-state index contributed by atoms with van der Waals surface area (Å²) in [6, 6.07) is 12.3. The molecular weight excluding hydrogens is 540 g/mol. The highest BCUT2D eigenvalue weighted by molar-refractivity contribution is 7.16. The fraction of sp³-hybridized carbons (Fsp3) is 0.250. The molecule has 1 saturated heterocycles. The molecule has 4 aromatic rings. The summed E-state index contributed by atoms with van der Waals surface area (Å²) < 4.78 is 6.25. The maximum Gasteiger partial charge on any atom is 0.359 e. The summed E-state index contributed by atoms with van der Waals surface area (Å²) >= 11 is 7.24. The van der Waals surface area contributed by atoms with E-state index in [-0.39, 0.29) is 52.9 Å². The van der Waals surface area contributed by atoms with Crippen molar-refractivity contribution >= 4 is 62.2 Å². The fourth-order valence-electron chi connectivity index (χ4n) is 4.51. The molecule has 3 heterocycles. The summed E-state index contributed by atoms with van der Waals surface area (Å²) in [5.74, 6) is -1.84. The Labute approximate surface area is 233 Å². The van der Waals surface area contributed by atoms with Gasteiger partial charge in [-0.2, -0.15) is 9.78 Å². The minimum Gasteiger partial charge on any atom is -0.461 e. The number of thiophene rings is 1. The molecule has 39 heavy (non-hydrogen) atoms. The number of hydrogen-bond donors (Lipinski definition) is 1. The quantitative estimate of drug-likeness (QED) is 0.334. The van der Waals surface area contributed by atoms with Gasteiger partial charge in [0.2, 0.25) is 11.8 Å². The number of nitrogens with zero attached hydrogens (tertiary/aromatic N) is 3. The van der Waals surface area contributed by atoms with Crippen LogP contribution in [-0.4, -0.2) is 40.7 Å². The van der Waals surface area contributed by atoms with Crippen LogP contribution in [0.1, 0.15) is 35.0 Å². The van der Waals surface area contributed by atoms with Crippen LogP contribution < -0.4 is 15.8 Å². The lowest BCUT2D eigenvalue weighted by Gasteiger charge is -2.18. The molecular formula is C28H25ClN4O5S. The minimum atomic E-state index is -0.695. The average Bonchev–Trinajstić information content (AvgIpc) is 3.50. The highest BCUT2D eigenvalue weighted by Gasteiger charge is 2.36. The van der Waals surface area contributed by atoms with E-state index in [9.17, 15) is 19.2 Å². The van der Waals surface area contributed by atoms with Crippen molar-refractivity contribution in [3.63, 3.8) is 0 Å². The summed E-state index contributed by atoms with van der Waals surface area (Å²) in [7, 11) is 0.